The summed E-state index contributed by atoms with van der Waals surface area (Å²) in [6.07, 6.45) is 0. The smallest absolute Gasteiger partial charge is 0.365 e. The number of rotatable bonds is 4. The first-order chi connectivity index (χ1) is 8.30. The van der Waals surface area contributed by atoms with Crippen LogP contribution in [-0.4, -0.2) is 17.0 Å². The first-order valence-electron chi connectivity index (χ1n) is 4.49. The van der Waals surface area contributed by atoms with E-state index in [0.29, 0.717) is 0 Å². The summed E-state index contributed by atoms with van der Waals surface area (Å²) in [5.41, 5.74) is 0.343. The highest BCUT2D eigenvalue weighted by Gasteiger charge is 2.38. The SMILES string of the molecule is O=C(O)C(Cl)c1cccc(C(Cl)(Cl)C(=O)OCl)c1. The van der Waals surface area contributed by atoms with Crippen LogP contribution in [0.15, 0.2) is 24.3 Å². The van der Waals surface area contributed by atoms with Crippen molar-refractivity contribution in [3.63, 3.8) is 0 Å². The molecule has 1 N–H and O–H groups in total. The summed E-state index contributed by atoms with van der Waals surface area (Å²) in [4.78, 5) is 22.0. The molecule has 1 aromatic rings. The van der Waals surface area contributed by atoms with Crippen LogP contribution in [0.25, 0.3) is 0 Å². The Labute approximate surface area is 123 Å². The molecule has 0 saturated heterocycles. The molecule has 0 spiro atoms. The summed E-state index contributed by atoms with van der Waals surface area (Å²) >= 11 is 22.1. The second-order valence-corrected chi connectivity index (χ2v) is 5.18. The van der Waals surface area contributed by atoms with Crippen LogP contribution in [-0.2, 0) is 18.2 Å². The molecule has 8 heteroatoms. The van der Waals surface area contributed by atoms with Crippen molar-refractivity contribution in [1.82, 2.24) is 0 Å². The number of carbonyl (C=O) groups excluding carboxylic acids is 1. The van der Waals surface area contributed by atoms with Crippen LogP contribution in [0.2, 0.25) is 0 Å². The van der Waals surface area contributed by atoms with Gasteiger partial charge in [-0.15, -0.1) is 11.6 Å². The molecule has 0 aromatic heterocycles. The fourth-order valence-electron chi connectivity index (χ4n) is 1.20. The number of aliphatic carboxylic acids is 1. The summed E-state index contributed by atoms with van der Waals surface area (Å²) in [5, 5.41) is 7.50. The molecule has 0 radical (unpaired) electrons. The molecule has 1 rings (SSSR count). The lowest BCUT2D eigenvalue weighted by molar-refractivity contribution is -0.137. The number of carboxylic acids is 1. The number of halogens is 4. The largest absolute Gasteiger partial charge is 0.480 e. The highest BCUT2D eigenvalue weighted by Crippen LogP contribution is 2.37. The van der Waals surface area contributed by atoms with Gasteiger partial charge < -0.3 is 9.40 Å². The Morgan fingerprint density at radius 2 is 1.94 bits per heavy atom. The minimum atomic E-state index is -2.03. The molecule has 0 saturated carbocycles. The van der Waals surface area contributed by atoms with Gasteiger partial charge in [0.15, 0.2) is 5.38 Å². The van der Waals surface area contributed by atoms with E-state index in [0.717, 1.165) is 0 Å². The zero-order valence-corrected chi connectivity index (χ0v) is 11.6. The van der Waals surface area contributed by atoms with Crippen molar-refractivity contribution >= 4 is 58.6 Å². The van der Waals surface area contributed by atoms with Crippen LogP contribution < -0.4 is 0 Å². The highest BCUT2D eigenvalue weighted by atomic mass is 35.5. The van der Waals surface area contributed by atoms with Gasteiger partial charge >= 0.3 is 11.9 Å². The molecule has 0 bridgehead atoms. The van der Waals surface area contributed by atoms with Crippen LogP contribution in [0.5, 0.6) is 0 Å². The van der Waals surface area contributed by atoms with Gasteiger partial charge in [0.05, 0.1) is 0 Å². The Hall–Kier alpha value is -0.680. The van der Waals surface area contributed by atoms with Crippen molar-refractivity contribution in [1.29, 1.82) is 0 Å². The summed E-state index contributed by atoms with van der Waals surface area (Å²) in [5.74, 6) is -2.32. The molecular weight excluding hydrogens is 326 g/mol. The van der Waals surface area contributed by atoms with E-state index in [1.54, 1.807) is 0 Å². The predicted octanol–water partition coefficient (Wildman–Crippen LogP) is 3.38. The van der Waals surface area contributed by atoms with Gasteiger partial charge in [0, 0.05) is 0 Å². The molecule has 0 aliphatic carbocycles. The average molecular weight is 332 g/mol. The van der Waals surface area contributed by atoms with Crippen molar-refractivity contribution in [2.24, 2.45) is 0 Å². The minimum absolute atomic E-state index is 0.112. The van der Waals surface area contributed by atoms with E-state index in [4.69, 9.17) is 51.8 Å². The molecule has 1 atom stereocenters. The van der Waals surface area contributed by atoms with Crippen LogP contribution in [0.3, 0.4) is 0 Å². The molecule has 4 nitrogen and oxygen atoms in total. The summed E-state index contributed by atoms with van der Waals surface area (Å²) in [7, 11) is 0. The highest BCUT2D eigenvalue weighted by molar-refractivity contribution is 6.57. The molecule has 0 amide bonds. The Morgan fingerprint density at radius 1 is 1.33 bits per heavy atom. The lowest BCUT2D eigenvalue weighted by Crippen LogP contribution is -2.23. The summed E-state index contributed by atoms with van der Waals surface area (Å²) in [6, 6.07) is 5.64. The molecule has 0 fully saturated rings. The number of hydrogen-bond acceptors (Lipinski definition) is 3. The number of hydrogen-bond donors (Lipinski definition) is 1. The van der Waals surface area contributed by atoms with Gasteiger partial charge in [-0.3, -0.25) is 4.79 Å². The van der Waals surface area contributed by atoms with Crippen molar-refractivity contribution in [3.8, 4) is 0 Å². The third-order valence-corrected chi connectivity index (χ3v) is 3.41. The van der Waals surface area contributed by atoms with E-state index in [9.17, 15) is 9.59 Å². The van der Waals surface area contributed by atoms with Gasteiger partial charge in [0.2, 0.25) is 4.33 Å². The molecule has 1 aromatic carbocycles. The van der Waals surface area contributed by atoms with Gasteiger partial charge in [-0.1, -0.05) is 47.5 Å². The number of carbonyl (C=O) groups is 2. The average Bonchev–Trinajstić information content (AvgIpc) is 2.36. The first-order valence-corrected chi connectivity index (χ1v) is 5.99. The zero-order valence-electron chi connectivity index (χ0n) is 8.57. The maximum Gasteiger partial charge on any atom is 0.365 e. The normalized spacial score (nSPS) is 12.9. The van der Waals surface area contributed by atoms with Crippen molar-refractivity contribution in [2.45, 2.75) is 9.71 Å². The molecule has 18 heavy (non-hydrogen) atoms. The molecular formula is C10H6Cl4O4. The molecule has 0 aliphatic heterocycles. The Morgan fingerprint density at radius 3 is 2.44 bits per heavy atom. The molecule has 98 valence electrons. The van der Waals surface area contributed by atoms with Gasteiger partial charge in [0.1, 0.15) is 11.9 Å². The fraction of sp³-hybridized carbons (Fsp3) is 0.200. The van der Waals surface area contributed by atoms with Crippen LogP contribution in [0.4, 0.5) is 0 Å². The number of benzene rings is 1. The Balaban J connectivity index is 3.16. The maximum atomic E-state index is 11.3. The Kier molecular flexibility index (Phi) is 5.10. The summed E-state index contributed by atoms with van der Waals surface area (Å²) < 4.78 is 1.90. The number of carboxylic acid groups (broad SMARTS) is 1. The third-order valence-electron chi connectivity index (χ3n) is 2.09. The number of alkyl halides is 3. The quantitative estimate of drug-likeness (QED) is 0.859. The van der Waals surface area contributed by atoms with E-state index >= 15 is 0 Å². The van der Waals surface area contributed by atoms with E-state index in [2.05, 4.69) is 4.29 Å². The maximum absolute atomic E-state index is 11.3. The fourth-order valence-corrected chi connectivity index (χ4v) is 1.84. The monoisotopic (exact) mass is 330 g/mol. The molecule has 1 unspecified atom stereocenters. The van der Waals surface area contributed by atoms with Gasteiger partial charge in [-0.25, -0.2) is 4.79 Å². The van der Waals surface area contributed by atoms with Crippen LogP contribution >= 0.6 is 46.7 Å². The van der Waals surface area contributed by atoms with Crippen LogP contribution in [0, 0.1) is 0 Å². The van der Waals surface area contributed by atoms with Crippen molar-refractivity contribution in [3.05, 3.63) is 35.4 Å². The predicted molar refractivity (Wildman–Crippen MR) is 68.0 cm³/mol. The van der Waals surface area contributed by atoms with Crippen molar-refractivity contribution in [2.75, 3.05) is 0 Å². The molecule has 0 heterocycles. The van der Waals surface area contributed by atoms with E-state index in [1.807, 2.05) is 0 Å². The van der Waals surface area contributed by atoms with Gasteiger partial charge in [-0.05, 0) is 11.1 Å². The second-order valence-electron chi connectivity index (χ2n) is 3.27. The standard InChI is InChI=1S/C10H6Cl4O4/c11-7(8(15)16)5-2-1-3-6(4-5)10(12,13)9(17)18-14/h1-4,7H,(H,15,16). The second kappa shape index (κ2) is 5.97. The van der Waals surface area contributed by atoms with E-state index in [-0.39, 0.29) is 11.1 Å². The minimum Gasteiger partial charge on any atom is -0.480 e. The summed E-state index contributed by atoms with van der Waals surface area (Å²) in [6.45, 7) is 0. The zero-order chi connectivity index (χ0) is 13.9. The topological polar surface area (TPSA) is 63.6 Å². The molecule has 0 aliphatic rings. The lowest BCUT2D eigenvalue weighted by Gasteiger charge is -2.17. The van der Waals surface area contributed by atoms with Gasteiger partial charge in [0.25, 0.3) is 0 Å². The van der Waals surface area contributed by atoms with Crippen LogP contribution in [0.1, 0.15) is 16.5 Å². The van der Waals surface area contributed by atoms with E-state index in [1.165, 1.54) is 24.3 Å². The Bertz CT molecular complexity index is 475. The third kappa shape index (κ3) is 3.20. The lowest BCUT2D eigenvalue weighted by atomic mass is 10.1. The van der Waals surface area contributed by atoms with Crippen molar-refractivity contribution < 1.29 is 19.0 Å². The first kappa shape index (κ1) is 15.4. The van der Waals surface area contributed by atoms with E-state index < -0.39 is 21.6 Å². The van der Waals surface area contributed by atoms with Gasteiger partial charge in [-0.2, -0.15) is 0 Å².